The lowest BCUT2D eigenvalue weighted by molar-refractivity contribution is 0.0864. The van der Waals surface area contributed by atoms with Crippen LogP contribution in [0.1, 0.15) is 66.2 Å². The first-order valence-corrected chi connectivity index (χ1v) is 8.83. The molecule has 1 N–H and O–H groups in total. The zero-order chi connectivity index (χ0) is 14.6. The average molecular weight is 281 g/mol. The van der Waals surface area contributed by atoms with Crippen molar-refractivity contribution >= 4 is 0 Å². The number of rotatable bonds is 5. The van der Waals surface area contributed by atoms with E-state index in [9.17, 15) is 0 Å². The molecule has 1 aliphatic heterocycles. The summed E-state index contributed by atoms with van der Waals surface area (Å²) in [5.41, 5.74) is 0.508. The van der Waals surface area contributed by atoms with E-state index in [0.29, 0.717) is 11.5 Å². The fourth-order valence-corrected chi connectivity index (χ4v) is 4.08. The lowest BCUT2D eigenvalue weighted by Crippen LogP contribution is -2.34. The topological polar surface area (TPSA) is 21.3 Å². The van der Waals surface area contributed by atoms with E-state index in [-0.39, 0.29) is 0 Å². The molecule has 0 aromatic carbocycles. The molecule has 20 heavy (non-hydrogen) atoms. The summed E-state index contributed by atoms with van der Waals surface area (Å²) in [6.45, 7) is 12.8. The standard InChI is InChI=1S/C18H35NO/c1-5-17-15(10-11-20-17)13-19-12-14-6-8-16(9-7-14)18(2,3)4/h14-17,19H,5-13H2,1-4H3. The van der Waals surface area contributed by atoms with E-state index in [0.717, 1.165) is 30.9 Å². The van der Waals surface area contributed by atoms with Crippen molar-refractivity contribution in [3.8, 4) is 0 Å². The second-order valence-corrected chi connectivity index (χ2v) is 8.11. The Kier molecular flexibility index (Phi) is 5.92. The van der Waals surface area contributed by atoms with Gasteiger partial charge >= 0.3 is 0 Å². The van der Waals surface area contributed by atoms with Gasteiger partial charge in [-0.3, -0.25) is 0 Å². The van der Waals surface area contributed by atoms with Crippen LogP contribution in [0.15, 0.2) is 0 Å². The van der Waals surface area contributed by atoms with Gasteiger partial charge in [-0.05, 0) is 68.2 Å². The van der Waals surface area contributed by atoms with Crippen molar-refractivity contribution in [2.24, 2.45) is 23.2 Å². The van der Waals surface area contributed by atoms with E-state index in [2.05, 4.69) is 33.0 Å². The summed E-state index contributed by atoms with van der Waals surface area (Å²) in [4.78, 5) is 0. The van der Waals surface area contributed by atoms with Crippen LogP contribution in [0.4, 0.5) is 0 Å². The maximum absolute atomic E-state index is 5.77. The molecule has 0 spiro atoms. The molecule has 2 rings (SSSR count). The molecule has 2 fully saturated rings. The first kappa shape index (κ1) is 16.3. The van der Waals surface area contributed by atoms with Crippen LogP contribution in [-0.4, -0.2) is 25.8 Å². The molecule has 2 aliphatic rings. The second-order valence-electron chi connectivity index (χ2n) is 8.11. The van der Waals surface area contributed by atoms with Crippen LogP contribution >= 0.6 is 0 Å². The molecular formula is C18H35NO. The molecule has 0 aromatic heterocycles. The largest absolute Gasteiger partial charge is 0.378 e. The molecule has 0 radical (unpaired) electrons. The van der Waals surface area contributed by atoms with Gasteiger partial charge in [-0.15, -0.1) is 0 Å². The molecule has 1 aliphatic carbocycles. The van der Waals surface area contributed by atoms with Gasteiger partial charge in [0.05, 0.1) is 6.10 Å². The summed E-state index contributed by atoms with van der Waals surface area (Å²) in [6, 6.07) is 0. The van der Waals surface area contributed by atoms with Gasteiger partial charge in [0.15, 0.2) is 0 Å². The summed E-state index contributed by atoms with van der Waals surface area (Å²) >= 11 is 0. The van der Waals surface area contributed by atoms with Crippen LogP contribution < -0.4 is 5.32 Å². The van der Waals surface area contributed by atoms with Gasteiger partial charge in [0.2, 0.25) is 0 Å². The predicted octanol–water partition coefficient (Wildman–Crippen LogP) is 4.24. The maximum Gasteiger partial charge on any atom is 0.0613 e. The molecule has 0 bridgehead atoms. The third-order valence-electron chi connectivity index (χ3n) is 5.66. The van der Waals surface area contributed by atoms with Crippen molar-refractivity contribution < 1.29 is 4.74 Å². The Balaban J connectivity index is 1.62. The fourth-order valence-electron chi connectivity index (χ4n) is 4.08. The van der Waals surface area contributed by atoms with Crippen LogP contribution in [0.5, 0.6) is 0 Å². The first-order valence-electron chi connectivity index (χ1n) is 8.83. The normalized spacial score (nSPS) is 35.4. The summed E-state index contributed by atoms with van der Waals surface area (Å²) in [7, 11) is 0. The van der Waals surface area contributed by atoms with Crippen molar-refractivity contribution in [3.63, 3.8) is 0 Å². The minimum absolute atomic E-state index is 0.508. The monoisotopic (exact) mass is 281 g/mol. The lowest BCUT2D eigenvalue weighted by atomic mass is 9.70. The predicted molar refractivity (Wildman–Crippen MR) is 85.9 cm³/mol. The molecule has 1 saturated carbocycles. The van der Waals surface area contributed by atoms with Crippen molar-refractivity contribution in [3.05, 3.63) is 0 Å². The third kappa shape index (κ3) is 4.46. The highest BCUT2D eigenvalue weighted by Gasteiger charge is 2.30. The Hall–Kier alpha value is -0.0800. The van der Waals surface area contributed by atoms with Crippen LogP contribution in [0.2, 0.25) is 0 Å². The van der Waals surface area contributed by atoms with E-state index in [1.165, 1.54) is 45.1 Å². The van der Waals surface area contributed by atoms with Gasteiger partial charge in [0.25, 0.3) is 0 Å². The van der Waals surface area contributed by atoms with E-state index in [1.807, 2.05) is 0 Å². The summed E-state index contributed by atoms with van der Waals surface area (Å²) in [5.74, 6) is 2.60. The van der Waals surface area contributed by atoms with Crippen LogP contribution in [0.3, 0.4) is 0 Å². The number of hydrogen-bond donors (Lipinski definition) is 1. The Bertz CT molecular complexity index is 276. The van der Waals surface area contributed by atoms with Crippen molar-refractivity contribution in [2.75, 3.05) is 19.7 Å². The minimum atomic E-state index is 0.508. The Labute approximate surface area is 126 Å². The Morgan fingerprint density at radius 3 is 2.30 bits per heavy atom. The molecule has 0 aromatic rings. The fraction of sp³-hybridized carbons (Fsp3) is 1.00. The molecule has 2 unspecified atom stereocenters. The highest BCUT2D eigenvalue weighted by molar-refractivity contribution is 4.82. The Morgan fingerprint density at radius 2 is 1.70 bits per heavy atom. The summed E-state index contributed by atoms with van der Waals surface area (Å²) < 4.78 is 5.77. The highest BCUT2D eigenvalue weighted by atomic mass is 16.5. The molecule has 1 heterocycles. The molecule has 0 amide bonds. The molecule has 2 nitrogen and oxygen atoms in total. The number of hydrogen-bond acceptors (Lipinski definition) is 2. The van der Waals surface area contributed by atoms with Gasteiger partial charge in [-0.2, -0.15) is 0 Å². The molecule has 1 saturated heterocycles. The highest BCUT2D eigenvalue weighted by Crippen LogP contribution is 2.39. The molecule has 118 valence electrons. The molecular weight excluding hydrogens is 246 g/mol. The zero-order valence-electron chi connectivity index (χ0n) is 14.1. The quantitative estimate of drug-likeness (QED) is 0.813. The maximum atomic E-state index is 5.77. The zero-order valence-corrected chi connectivity index (χ0v) is 14.1. The van der Waals surface area contributed by atoms with Crippen molar-refractivity contribution in [2.45, 2.75) is 72.3 Å². The first-order chi connectivity index (χ1) is 9.50. The second kappa shape index (κ2) is 7.26. The van der Waals surface area contributed by atoms with E-state index >= 15 is 0 Å². The number of nitrogens with one attached hydrogen (secondary N) is 1. The van der Waals surface area contributed by atoms with Gasteiger partial charge in [0, 0.05) is 13.2 Å². The Morgan fingerprint density at radius 1 is 1.00 bits per heavy atom. The molecule has 2 atom stereocenters. The van der Waals surface area contributed by atoms with Crippen LogP contribution in [0.25, 0.3) is 0 Å². The van der Waals surface area contributed by atoms with E-state index in [4.69, 9.17) is 4.74 Å². The van der Waals surface area contributed by atoms with E-state index < -0.39 is 0 Å². The van der Waals surface area contributed by atoms with Crippen molar-refractivity contribution in [1.82, 2.24) is 5.32 Å². The average Bonchev–Trinajstić information content (AvgIpc) is 2.86. The minimum Gasteiger partial charge on any atom is -0.378 e. The van der Waals surface area contributed by atoms with Gasteiger partial charge < -0.3 is 10.1 Å². The third-order valence-corrected chi connectivity index (χ3v) is 5.66. The number of ether oxygens (including phenoxy) is 1. The lowest BCUT2D eigenvalue weighted by Gasteiger charge is -2.37. The van der Waals surface area contributed by atoms with Gasteiger partial charge in [-0.1, -0.05) is 27.7 Å². The summed E-state index contributed by atoms with van der Waals surface area (Å²) in [5, 5.41) is 3.73. The molecule has 2 heteroatoms. The van der Waals surface area contributed by atoms with Gasteiger partial charge in [-0.25, -0.2) is 0 Å². The van der Waals surface area contributed by atoms with Crippen LogP contribution in [0, 0.1) is 23.2 Å². The smallest absolute Gasteiger partial charge is 0.0613 e. The SMILES string of the molecule is CCC1OCCC1CNCC1CCC(C(C)(C)C)CC1. The van der Waals surface area contributed by atoms with Gasteiger partial charge in [0.1, 0.15) is 0 Å². The van der Waals surface area contributed by atoms with Crippen molar-refractivity contribution in [1.29, 1.82) is 0 Å². The van der Waals surface area contributed by atoms with Crippen LogP contribution in [-0.2, 0) is 4.74 Å². The summed E-state index contributed by atoms with van der Waals surface area (Å²) in [6.07, 6.45) is 8.64. The van der Waals surface area contributed by atoms with E-state index in [1.54, 1.807) is 0 Å².